The maximum absolute atomic E-state index is 5.95. The van der Waals surface area contributed by atoms with Crippen LogP contribution < -0.4 is 11.1 Å². The minimum absolute atomic E-state index is 0. The van der Waals surface area contributed by atoms with E-state index in [1.165, 1.54) is 51.4 Å². The number of halogens is 1. The zero-order chi connectivity index (χ0) is 11.0. The molecule has 0 saturated heterocycles. The van der Waals surface area contributed by atoms with Gasteiger partial charge in [-0.1, -0.05) is 12.8 Å². The van der Waals surface area contributed by atoms with Crippen molar-refractivity contribution in [3.05, 3.63) is 0 Å². The minimum atomic E-state index is 0. The van der Waals surface area contributed by atoms with E-state index in [9.17, 15) is 0 Å². The summed E-state index contributed by atoms with van der Waals surface area (Å²) in [5.41, 5.74) is 6.53. The summed E-state index contributed by atoms with van der Waals surface area (Å²) < 4.78 is 0. The van der Waals surface area contributed by atoms with Crippen molar-refractivity contribution < 1.29 is 0 Å². The molecule has 3 aliphatic rings. The van der Waals surface area contributed by atoms with Crippen LogP contribution in [0.15, 0.2) is 4.99 Å². The Bertz CT molecular complexity index is 289. The number of nitrogens with two attached hydrogens (primary N) is 1. The van der Waals surface area contributed by atoms with Gasteiger partial charge in [-0.25, -0.2) is 0 Å². The van der Waals surface area contributed by atoms with Gasteiger partial charge in [-0.2, -0.15) is 0 Å². The summed E-state index contributed by atoms with van der Waals surface area (Å²) in [5.74, 6) is 1.68. The second-order valence-corrected chi connectivity index (χ2v) is 5.96. The van der Waals surface area contributed by atoms with Crippen molar-refractivity contribution in [2.45, 2.75) is 57.4 Å². The quantitative estimate of drug-likeness (QED) is 0.466. The monoisotopic (exact) mass is 349 g/mol. The van der Waals surface area contributed by atoms with Crippen molar-refractivity contribution >= 4 is 29.9 Å². The lowest BCUT2D eigenvalue weighted by molar-refractivity contribution is 0.452. The zero-order valence-corrected chi connectivity index (χ0v) is 12.8. The van der Waals surface area contributed by atoms with Gasteiger partial charge < -0.3 is 11.1 Å². The van der Waals surface area contributed by atoms with Crippen molar-refractivity contribution in [3.8, 4) is 0 Å². The summed E-state index contributed by atoms with van der Waals surface area (Å²) >= 11 is 0. The second-order valence-electron chi connectivity index (χ2n) is 5.96. The number of rotatable bonds is 4. The number of nitrogens with zero attached hydrogens (tertiary/aromatic N) is 1. The fraction of sp³-hybridized carbons (Fsp3) is 0.923. The van der Waals surface area contributed by atoms with Crippen molar-refractivity contribution in [2.75, 3.05) is 6.54 Å². The molecule has 98 valence electrons. The first-order valence-electron chi connectivity index (χ1n) is 6.85. The van der Waals surface area contributed by atoms with Crippen LogP contribution in [-0.4, -0.2) is 18.5 Å². The van der Waals surface area contributed by atoms with Gasteiger partial charge in [0.15, 0.2) is 5.96 Å². The first kappa shape index (κ1) is 13.4. The van der Waals surface area contributed by atoms with Crippen LogP contribution >= 0.6 is 24.0 Å². The first-order chi connectivity index (χ1) is 7.78. The van der Waals surface area contributed by atoms with E-state index in [4.69, 9.17) is 5.73 Å². The molecule has 0 heterocycles. The van der Waals surface area contributed by atoms with Crippen molar-refractivity contribution in [1.82, 2.24) is 5.32 Å². The fourth-order valence-electron chi connectivity index (χ4n) is 3.12. The van der Waals surface area contributed by atoms with E-state index < -0.39 is 0 Å². The molecule has 3 nitrogen and oxygen atoms in total. The van der Waals surface area contributed by atoms with E-state index in [0.717, 1.165) is 12.5 Å². The Kier molecular flexibility index (Phi) is 4.21. The highest BCUT2D eigenvalue weighted by Crippen LogP contribution is 2.61. The molecule has 0 radical (unpaired) electrons. The largest absolute Gasteiger partial charge is 0.370 e. The smallest absolute Gasteiger partial charge is 0.188 e. The van der Waals surface area contributed by atoms with Crippen LogP contribution in [-0.2, 0) is 0 Å². The Morgan fingerprint density at radius 1 is 1.18 bits per heavy atom. The normalized spacial score (nSPS) is 27.6. The Morgan fingerprint density at radius 2 is 1.82 bits per heavy atom. The van der Waals surface area contributed by atoms with Crippen LogP contribution in [0.25, 0.3) is 0 Å². The van der Waals surface area contributed by atoms with Gasteiger partial charge in [0, 0.05) is 12.6 Å². The molecule has 4 heteroatoms. The van der Waals surface area contributed by atoms with Crippen LogP contribution in [0.1, 0.15) is 51.4 Å². The molecular weight excluding hydrogens is 325 g/mol. The Hall–Kier alpha value is 0. The van der Waals surface area contributed by atoms with Gasteiger partial charge in [0.2, 0.25) is 0 Å². The predicted molar refractivity (Wildman–Crippen MR) is 81.7 cm³/mol. The lowest BCUT2D eigenvalue weighted by Gasteiger charge is -2.14. The topological polar surface area (TPSA) is 50.4 Å². The van der Waals surface area contributed by atoms with E-state index in [2.05, 4.69) is 10.3 Å². The second kappa shape index (κ2) is 5.33. The molecule has 0 aromatic heterocycles. The number of guanidine groups is 1. The van der Waals surface area contributed by atoms with Crippen molar-refractivity contribution in [3.63, 3.8) is 0 Å². The lowest BCUT2D eigenvalue weighted by Crippen LogP contribution is -2.39. The molecule has 0 bridgehead atoms. The summed E-state index contributed by atoms with van der Waals surface area (Å²) in [6.07, 6.45) is 10.9. The van der Waals surface area contributed by atoms with E-state index in [-0.39, 0.29) is 24.0 Å². The predicted octanol–water partition coefficient (Wildman–Crippen LogP) is 2.64. The highest BCUT2D eigenvalue weighted by Gasteiger charge is 2.53. The van der Waals surface area contributed by atoms with E-state index in [1.807, 2.05) is 0 Å². The molecule has 0 unspecified atom stereocenters. The van der Waals surface area contributed by atoms with E-state index >= 15 is 0 Å². The molecule has 0 atom stereocenters. The molecule has 3 N–H and O–H groups in total. The molecule has 0 aromatic carbocycles. The Morgan fingerprint density at radius 3 is 2.35 bits per heavy atom. The maximum atomic E-state index is 5.95. The molecule has 0 aromatic rings. The van der Waals surface area contributed by atoms with Gasteiger partial charge in [0.1, 0.15) is 0 Å². The lowest BCUT2D eigenvalue weighted by atomic mass is 10.0. The number of hydrogen-bond acceptors (Lipinski definition) is 1. The van der Waals surface area contributed by atoms with Crippen LogP contribution in [0.5, 0.6) is 0 Å². The molecule has 3 aliphatic carbocycles. The number of nitrogens with one attached hydrogen (secondary N) is 1. The molecule has 0 spiro atoms. The van der Waals surface area contributed by atoms with Crippen LogP contribution in [0.2, 0.25) is 0 Å². The molecule has 17 heavy (non-hydrogen) atoms. The Balaban J connectivity index is 0.00000108. The molecular formula is C13H24IN3. The van der Waals surface area contributed by atoms with Crippen LogP contribution in [0, 0.1) is 11.3 Å². The summed E-state index contributed by atoms with van der Waals surface area (Å²) in [5, 5.41) is 3.37. The highest BCUT2D eigenvalue weighted by molar-refractivity contribution is 14.0. The van der Waals surface area contributed by atoms with Gasteiger partial charge in [-0.05, 0) is 49.9 Å². The molecule has 3 fully saturated rings. The van der Waals surface area contributed by atoms with Crippen LogP contribution in [0.4, 0.5) is 0 Å². The Labute approximate surface area is 121 Å². The summed E-state index contributed by atoms with van der Waals surface area (Å²) in [7, 11) is 0. The van der Waals surface area contributed by atoms with Crippen LogP contribution in [0.3, 0.4) is 0 Å². The minimum Gasteiger partial charge on any atom is -0.370 e. The van der Waals surface area contributed by atoms with Gasteiger partial charge in [0.25, 0.3) is 0 Å². The van der Waals surface area contributed by atoms with E-state index in [0.29, 0.717) is 17.4 Å². The van der Waals surface area contributed by atoms with Crippen molar-refractivity contribution in [2.24, 2.45) is 22.1 Å². The zero-order valence-electron chi connectivity index (χ0n) is 10.5. The van der Waals surface area contributed by atoms with Gasteiger partial charge in [0.05, 0.1) is 0 Å². The fourth-order valence-corrected chi connectivity index (χ4v) is 3.12. The first-order valence-corrected chi connectivity index (χ1v) is 6.85. The highest BCUT2D eigenvalue weighted by atomic mass is 127. The molecule has 3 rings (SSSR count). The average molecular weight is 349 g/mol. The third-order valence-corrected chi connectivity index (χ3v) is 4.61. The number of aliphatic imine (C=N–C) groups is 1. The third-order valence-electron chi connectivity index (χ3n) is 4.61. The van der Waals surface area contributed by atoms with Gasteiger partial charge >= 0.3 is 0 Å². The van der Waals surface area contributed by atoms with Gasteiger partial charge in [-0.3, -0.25) is 4.99 Å². The SMILES string of the molecule is I.NC(=NCC1(C2CC2)CC1)NC1CCCC1. The van der Waals surface area contributed by atoms with Crippen molar-refractivity contribution in [1.29, 1.82) is 0 Å². The third kappa shape index (κ3) is 3.26. The molecule has 0 aliphatic heterocycles. The van der Waals surface area contributed by atoms with E-state index in [1.54, 1.807) is 0 Å². The molecule has 0 amide bonds. The molecule has 3 saturated carbocycles. The number of hydrogen-bond donors (Lipinski definition) is 2. The average Bonchev–Trinajstić information content (AvgIpc) is 3.16. The summed E-state index contributed by atoms with van der Waals surface area (Å²) in [6.45, 7) is 0.975. The summed E-state index contributed by atoms with van der Waals surface area (Å²) in [6, 6.07) is 0.597. The maximum Gasteiger partial charge on any atom is 0.188 e. The summed E-state index contributed by atoms with van der Waals surface area (Å²) in [4.78, 5) is 4.57. The van der Waals surface area contributed by atoms with Gasteiger partial charge in [-0.15, -0.1) is 24.0 Å². The standard InChI is InChI=1S/C13H23N3.HI/c14-12(16-11-3-1-2-4-11)15-9-13(7-8-13)10-5-6-10;/h10-11H,1-9H2,(H3,14,15,16);1H.